The monoisotopic (exact) mass is 1160 g/mol. The van der Waals surface area contributed by atoms with Crippen molar-refractivity contribution < 1.29 is 18.9 Å². The predicted octanol–water partition coefficient (Wildman–Crippen LogP) is 22.9. The molecule has 2 aliphatic rings. The summed E-state index contributed by atoms with van der Waals surface area (Å²) in [7, 11) is 0. The second kappa shape index (κ2) is 35.9. The van der Waals surface area contributed by atoms with E-state index in [2.05, 4.69) is 188 Å². The maximum atomic E-state index is 6.54. The Balaban J connectivity index is 0.877. The summed E-state index contributed by atoms with van der Waals surface area (Å²) >= 11 is 1.87. The van der Waals surface area contributed by atoms with Crippen molar-refractivity contribution in [2.45, 2.75) is 212 Å². The standard InChI is InChI=1S/C78H102N2O4S/c1-4-7-10-13-18-22-27-62-31-43-68(44-32-62)79(69-45-33-64(34-46-69)29-24-20-15-16-21-26-57-81-58-74-59-82-74)72-51-39-66(40-52-72)77-55-56-78(85-77)67-41-53-73(54-42-67)80(70-47-35-63(36-48-70)28-23-19-14-11-8-5-2)71-49-37-65(38-50-71)76(84-61-75-60-83-75)30-25-17-12-9-6-3/h31-56,74-76H,4-30,57-61H2,1-3H3. The molecule has 0 bridgehead atoms. The van der Waals surface area contributed by atoms with Gasteiger partial charge in [-0.3, -0.25) is 0 Å². The predicted molar refractivity (Wildman–Crippen MR) is 362 cm³/mol. The summed E-state index contributed by atoms with van der Waals surface area (Å²) < 4.78 is 23.1. The van der Waals surface area contributed by atoms with E-state index in [1.54, 1.807) is 0 Å². The number of hydrogen-bond donors (Lipinski definition) is 0. The molecule has 2 saturated heterocycles. The fourth-order valence-corrected chi connectivity index (χ4v) is 12.9. The number of thiophene rings is 1. The molecule has 3 unspecified atom stereocenters. The number of epoxide rings is 2. The molecule has 7 aromatic rings. The average molecular weight is 1160 g/mol. The lowest BCUT2D eigenvalue weighted by Crippen LogP contribution is -2.12. The Hall–Kier alpha value is -5.54. The largest absolute Gasteiger partial charge is 0.379 e. The zero-order valence-corrected chi connectivity index (χ0v) is 53.1. The van der Waals surface area contributed by atoms with E-state index in [1.165, 1.54) is 207 Å². The molecule has 0 spiro atoms. The van der Waals surface area contributed by atoms with E-state index in [-0.39, 0.29) is 12.2 Å². The lowest BCUT2D eigenvalue weighted by Gasteiger charge is -2.27. The molecular formula is C78H102N2O4S. The number of benzene rings is 6. The number of aryl methyl sites for hydroxylation is 3. The van der Waals surface area contributed by atoms with Crippen LogP contribution >= 0.6 is 11.3 Å². The maximum Gasteiger partial charge on any atom is 0.104 e. The SMILES string of the molecule is CCCCCCCCc1ccc(N(c2ccc(CCCCCCCCOCC3CO3)cc2)c2ccc(-c3ccc(-c4ccc(N(c5ccc(CCCCCCCC)cc5)c5ccc(C(CCCCCCC)OCC6CO6)cc5)cc4)s3)cc2)cc1. The highest BCUT2D eigenvalue weighted by Gasteiger charge is 2.26. The van der Waals surface area contributed by atoms with Crippen molar-refractivity contribution in [2.75, 3.05) is 42.8 Å². The van der Waals surface area contributed by atoms with Crippen molar-refractivity contribution in [1.82, 2.24) is 0 Å². The van der Waals surface area contributed by atoms with Gasteiger partial charge in [0.05, 0.1) is 32.5 Å². The van der Waals surface area contributed by atoms with Crippen LogP contribution < -0.4 is 9.80 Å². The number of anilines is 6. The second-order valence-electron chi connectivity index (χ2n) is 24.4. The molecule has 3 heterocycles. The topological polar surface area (TPSA) is 50.0 Å². The van der Waals surface area contributed by atoms with Crippen molar-refractivity contribution >= 4 is 45.5 Å². The van der Waals surface area contributed by atoms with E-state index < -0.39 is 0 Å². The minimum atomic E-state index is 0.0765. The number of hydrogen-bond acceptors (Lipinski definition) is 7. The van der Waals surface area contributed by atoms with Crippen molar-refractivity contribution in [3.8, 4) is 20.9 Å². The normalized spacial score (nSPS) is 14.9. The summed E-state index contributed by atoms with van der Waals surface area (Å²) in [6.45, 7) is 10.9. The first-order valence-electron chi connectivity index (χ1n) is 33.8. The van der Waals surface area contributed by atoms with Gasteiger partial charge in [-0.25, -0.2) is 0 Å². The molecule has 2 fully saturated rings. The van der Waals surface area contributed by atoms with E-state index in [1.807, 2.05) is 11.3 Å². The van der Waals surface area contributed by atoms with Crippen LogP contribution in [-0.2, 0) is 38.2 Å². The zero-order valence-electron chi connectivity index (χ0n) is 52.3. The Morgan fingerprint density at radius 1 is 0.376 bits per heavy atom. The summed E-state index contributed by atoms with van der Waals surface area (Å²) in [6, 6.07) is 60.3. The molecule has 0 aliphatic carbocycles. The first kappa shape index (κ1) is 63.9. The van der Waals surface area contributed by atoms with Gasteiger partial charge in [-0.1, -0.05) is 216 Å². The van der Waals surface area contributed by atoms with E-state index in [4.69, 9.17) is 18.9 Å². The second-order valence-corrected chi connectivity index (χ2v) is 25.5. The molecule has 0 radical (unpaired) electrons. The molecule has 6 nitrogen and oxygen atoms in total. The number of rotatable bonds is 43. The Kier molecular flexibility index (Phi) is 27.0. The zero-order chi connectivity index (χ0) is 58.5. The molecule has 85 heavy (non-hydrogen) atoms. The third-order valence-corrected chi connectivity index (χ3v) is 18.5. The van der Waals surface area contributed by atoms with Gasteiger partial charge in [-0.05, 0) is 170 Å². The highest BCUT2D eigenvalue weighted by Crippen LogP contribution is 2.42. The summed E-state index contributed by atoms with van der Waals surface area (Å²) in [5.74, 6) is 0. The number of unbranched alkanes of at least 4 members (excludes halogenated alkanes) is 19. The Morgan fingerprint density at radius 2 is 0.706 bits per heavy atom. The van der Waals surface area contributed by atoms with E-state index in [9.17, 15) is 0 Å². The van der Waals surface area contributed by atoms with Crippen LogP contribution in [0.5, 0.6) is 0 Å². The van der Waals surface area contributed by atoms with Gasteiger partial charge in [0, 0.05) is 50.5 Å². The van der Waals surface area contributed by atoms with Crippen molar-refractivity contribution in [3.63, 3.8) is 0 Å². The van der Waals surface area contributed by atoms with Crippen LogP contribution in [0.3, 0.4) is 0 Å². The van der Waals surface area contributed by atoms with Crippen molar-refractivity contribution in [1.29, 1.82) is 0 Å². The summed E-state index contributed by atoms with van der Waals surface area (Å²) in [5.41, 5.74) is 15.0. The van der Waals surface area contributed by atoms with Crippen molar-refractivity contribution in [3.05, 3.63) is 180 Å². The lowest BCUT2D eigenvalue weighted by molar-refractivity contribution is 0.0346. The van der Waals surface area contributed by atoms with Gasteiger partial charge >= 0.3 is 0 Å². The third-order valence-electron chi connectivity index (χ3n) is 17.3. The number of nitrogens with zero attached hydrogens (tertiary/aromatic N) is 2. The van der Waals surface area contributed by atoms with Crippen LogP contribution in [-0.4, -0.2) is 45.2 Å². The minimum absolute atomic E-state index is 0.0765. The molecule has 0 saturated carbocycles. The van der Waals surface area contributed by atoms with E-state index in [0.717, 1.165) is 69.9 Å². The average Bonchev–Trinajstić information content (AvgIpc) is 3.98. The number of ether oxygens (including phenoxy) is 4. The van der Waals surface area contributed by atoms with Crippen LogP contribution in [0.25, 0.3) is 20.9 Å². The molecule has 9 rings (SSSR count). The van der Waals surface area contributed by atoms with E-state index in [0.29, 0.717) is 12.7 Å². The molecule has 0 N–H and O–H groups in total. The van der Waals surface area contributed by atoms with Crippen LogP contribution in [0.4, 0.5) is 34.1 Å². The van der Waals surface area contributed by atoms with Gasteiger partial charge in [0.15, 0.2) is 0 Å². The van der Waals surface area contributed by atoms with Gasteiger partial charge in [-0.2, -0.15) is 0 Å². The Labute approximate surface area is 517 Å². The molecule has 7 heteroatoms. The van der Waals surface area contributed by atoms with Gasteiger partial charge in [-0.15, -0.1) is 11.3 Å². The Bertz CT molecular complexity index is 2890. The smallest absolute Gasteiger partial charge is 0.104 e. The maximum absolute atomic E-state index is 6.54. The molecule has 0 amide bonds. The molecular weight excluding hydrogens is 1060 g/mol. The van der Waals surface area contributed by atoms with E-state index >= 15 is 0 Å². The Morgan fingerprint density at radius 3 is 1.09 bits per heavy atom. The molecule has 3 atom stereocenters. The highest BCUT2D eigenvalue weighted by molar-refractivity contribution is 7.18. The van der Waals surface area contributed by atoms with Crippen LogP contribution in [0, 0.1) is 0 Å². The highest BCUT2D eigenvalue weighted by atomic mass is 32.1. The first-order valence-corrected chi connectivity index (χ1v) is 34.6. The lowest BCUT2D eigenvalue weighted by atomic mass is 10.0. The summed E-state index contributed by atoms with van der Waals surface area (Å²) in [4.78, 5) is 7.38. The third kappa shape index (κ3) is 21.4. The van der Waals surface area contributed by atoms with Crippen molar-refractivity contribution in [2.24, 2.45) is 0 Å². The quantitative estimate of drug-likeness (QED) is 0.0280. The molecule has 2 aliphatic heterocycles. The van der Waals surface area contributed by atoms with Crippen LogP contribution in [0.1, 0.15) is 203 Å². The van der Waals surface area contributed by atoms with Gasteiger partial charge in [0.2, 0.25) is 0 Å². The summed E-state index contributed by atoms with van der Waals surface area (Å²) in [5, 5.41) is 0. The molecule has 1 aromatic heterocycles. The fraction of sp³-hybridized carbons (Fsp3) is 0.487. The van der Waals surface area contributed by atoms with Crippen LogP contribution in [0.15, 0.2) is 158 Å². The molecule has 6 aromatic carbocycles. The summed E-state index contributed by atoms with van der Waals surface area (Å²) in [6.07, 6.45) is 34.7. The van der Waals surface area contributed by atoms with Gasteiger partial charge in [0.1, 0.15) is 12.2 Å². The van der Waals surface area contributed by atoms with Gasteiger partial charge in [0.25, 0.3) is 0 Å². The van der Waals surface area contributed by atoms with Crippen LogP contribution in [0.2, 0.25) is 0 Å². The van der Waals surface area contributed by atoms with Gasteiger partial charge < -0.3 is 28.7 Å². The minimum Gasteiger partial charge on any atom is -0.379 e. The first-order chi connectivity index (χ1) is 42.0. The molecule has 454 valence electrons. The fourth-order valence-electron chi connectivity index (χ4n) is 11.9.